The van der Waals surface area contributed by atoms with Crippen LogP contribution in [0.25, 0.3) is 10.9 Å². The summed E-state index contributed by atoms with van der Waals surface area (Å²) in [4.78, 5) is 0. The van der Waals surface area contributed by atoms with E-state index in [1.54, 1.807) is 0 Å². The van der Waals surface area contributed by atoms with Crippen LogP contribution in [0.5, 0.6) is 0 Å². The Balaban J connectivity index is 2.24. The number of fused-ring (bicyclic) bond motifs is 1. The Labute approximate surface area is 108 Å². The molecule has 0 aliphatic rings. The molecule has 2 aromatic rings. The molecule has 0 radical (unpaired) electrons. The molecule has 1 aromatic heterocycles. The van der Waals surface area contributed by atoms with Gasteiger partial charge in [0.15, 0.2) is 0 Å². The summed E-state index contributed by atoms with van der Waals surface area (Å²) in [5, 5.41) is 14.2. The number of nitrogens with one attached hydrogen (secondary N) is 1. The van der Waals surface area contributed by atoms with E-state index in [1.165, 1.54) is 16.5 Å². The highest BCUT2D eigenvalue weighted by atomic mass is 16.3. The predicted octanol–water partition coefficient (Wildman–Crippen LogP) is 2.52. The van der Waals surface area contributed by atoms with Crippen molar-refractivity contribution in [3.8, 4) is 0 Å². The van der Waals surface area contributed by atoms with Gasteiger partial charge in [0.2, 0.25) is 0 Å². The Morgan fingerprint density at radius 3 is 2.89 bits per heavy atom. The highest BCUT2D eigenvalue weighted by Crippen LogP contribution is 2.20. The lowest BCUT2D eigenvalue weighted by Gasteiger charge is -2.09. The Morgan fingerprint density at radius 1 is 1.33 bits per heavy atom. The minimum Gasteiger partial charge on any atom is -0.392 e. The van der Waals surface area contributed by atoms with E-state index < -0.39 is 0 Å². The Hall–Kier alpha value is -1.32. The van der Waals surface area contributed by atoms with Crippen LogP contribution in [0.2, 0.25) is 0 Å². The summed E-state index contributed by atoms with van der Waals surface area (Å²) in [5.74, 6) is 0. The van der Waals surface area contributed by atoms with Crippen molar-refractivity contribution in [2.45, 2.75) is 39.5 Å². The SMILES string of the molecule is CCCNCc1cccc2c1ccn2CC(C)O. The normalized spacial score (nSPS) is 13.1. The Bertz CT molecular complexity index is 502. The lowest BCUT2D eigenvalue weighted by Crippen LogP contribution is -2.14. The highest BCUT2D eigenvalue weighted by Gasteiger charge is 2.06. The zero-order chi connectivity index (χ0) is 13.0. The van der Waals surface area contributed by atoms with Crippen molar-refractivity contribution < 1.29 is 5.11 Å². The van der Waals surface area contributed by atoms with Crippen molar-refractivity contribution in [3.05, 3.63) is 36.0 Å². The van der Waals surface area contributed by atoms with Crippen LogP contribution in [0.3, 0.4) is 0 Å². The standard InChI is InChI=1S/C15H22N2O/c1-3-8-16-10-13-5-4-6-15-14(13)7-9-17(15)11-12(2)18/h4-7,9,12,16,18H,3,8,10-11H2,1-2H3. The van der Waals surface area contributed by atoms with E-state index in [4.69, 9.17) is 0 Å². The molecular weight excluding hydrogens is 224 g/mol. The van der Waals surface area contributed by atoms with Crippen LogP contribution in [-0.4, -0.2) is 22.3 Å². The van der Waals surface area contributed by atoms with Crippen LogP contribution >= 0.6 is 0 Å². The number of aliphatic hydroxyl groups is 1. The van der Waals surface area contributed by atoms with Gasteiger partial charge in [0.1, 0.15) is 0 Å². The minimum absolute atomic E-state index is 0.317. The fourth-order valence-corrected chi connectivity index (χ4v) is 2.29. The number of aromatic nitrogens is 1. The summed E-state index contributed by atoms with van der Waals surface area (Å²) in [5.41, 5.74) is 2.52. The second kappa shape index (κ2) is 6.03. The minimum atomic E-state index is -0.317. The zero-order valence-corrected chi connectivity index (χ0v) is 11.2. The van der Waals surface area contributed by atoms with E-state index in [9.17, 15) is 5.11 Å². The maximum Gasteiger partial charge on any atom is 0.0691 e. The monoisotopic (exact) mass is 246 g/mol. The zero-order valence-electron chi connectivity index (χ0n) is 11.2. The number of rotatable bonds is 6. The van der Waals surface area contributed by atoms with Crippen LogP contribution < -0.4 is 5.32 Å². The first-order valence-electron chi connectivity index (χ1n) is 6.68. The van der Waals surface area contributed by atoms with Gasteiger partial charge in [0.25, 0.3) is 0 Å². The molecule has 0 bridgehead atoms. The second-order valence-corrected chi connectivity index (χ2v) is 4.84. The second-order valence-electron chi connectivity index (χ2n) is 4.84. The van der Waals surface area contributed by atoms with E-state index in [-0.39, 0.29) is 6.10 Å². The molecule has 0 fully saturated rings. The third-order valence-electron chi connectivity index (χ3n) is 3.11. The van der Waals surface area contributed by atoms with Gasteiger partial charge in [-0.15, -0.1) is 0 Å². The molecule has 2 rings (SSSR count). The number of hydrogen-bond donors (Lipinski definition) is 2. The van der Waals surface area contributed by atoms with Gasteiger partial charge in [-0.1, -0.05) is 19.1 Å². The summed E-state index contributed by atoms with van der Waals surface area (Å²) in [6.07, 6.45) is 2.89. The van der Waals surface area contributed by atoms with Crippen molar-refractivity contribution in [2.75, 3.05) is 6.54 Å². The van der Waals surface area contributed by atoms with Gasteiger partial charge >= 0.3 is 0 Å². The smallest absolute Gasteiger partial charge is 0.0691 e. The lowest BCUT2D eigenvalue weighted by molar-refractivity contribution is 0.175. The summed E-state index contributed by atoms with van der Waals surface area (Å²) in [7, 11) is 0. The summed E-state index contributed by atoms with van der Waals surface area (Å²) in [6.45, 7) is 6.59. The Morgan fingerprint density at radius 2 is 2.17 bits per heavy atom. The predicted molar refractivity (Wildman–Crippen MR) is 75.6 cm³/mol. The van der Waals surface area contributed by atoms with Crippen molar-refractivity contribution in [3.63, 3.8) is 0 Å². The van der Waals surface area contributed by atoms with Crippen molar-refractivity contribution in [1.82, 2.24) is 9.88 Å². The molecule has 2 N–H and O–H groups in total. The maximum absolute atomic E-state index is 9.49. The Kier molecular flexibility index (Phi) is 4.39. The molecule has 18 heavy (non-hydrogen) atoms. The van der Waals surface area contributed by atoms with Gasteiger partial charge in [0, 0.05) is 30.2 Å². The van der Waals surface area contributed by atoms with Gasteiger partial charge in [-0.05, 0) is 37.6 Å². The molecule has 3 nitrogen and oxygen atoms in total. The molecule has 3 heteroatoms. The number of nitrogens with zero attached hydrogens (tertiary/aromatic N) is 1. The van der Waals surface area contributed by atoms with Gasteiger partial charge in [-0.3, -0.25) is 0 Å². The van der Waals surface area contributed by atoms with E-state index >= 15 is 0 Å². The molecule has 1 heterocycles. The van der Waals surface area contributed by atoms with E-state index in [0.717, 1.165) is 19.5 Å². The topological polar surface area (TPSA) is 37.2 Å². The maximum atomic E-state index is 9.49. The third-order valence-corrected chi connectivity index (χ3v) is 3.11. The van der Waals surface area contributed by atoms with E-state index in [1.807, 2.05) is 6.92 Å². The average Bonchev–Trinajstić information content (AvgIpc) is 2.73. The third kappa shape index (κ3) is 2.92. The fraction of sp³-hybridized carbons (Fsp3) is 0.467. The summed E-state index contributed by atoms with van der Waals surface area (Å²) >= 11 is 0. The lowest BCUT2D eigenvalue weighted by atomic mass is 10.1. The van der Waals surface area contributed by atoms with Gasteiger partial charge in [-0.2, -0.15) is 0 Å². The first kappa shape index (κ1) is 13.1. The average molecular weight is 246 g/mol. The largest absolute Gasteiger partial charge is 0.392 e. The number of hydrogen-bond acceptors (Lipinski definition) is 2. The summed E-state index contributed by atoms with van der Waals surface area (Å²) in [6, 6.07) is 8.50. The fourth-order valence-electron chi connectivity index (χ4n) is 2.29. The van der Waals surface area contributed by atoms with Gasteiger partial charge in [0.05, 0.1) is 6.10 Å². The number of benzene rings is 1. The van der Waals surface area contributed by atoms with Crippen LogP contribution in [-0.2, 0) is 13.1 Å². The molecule has 1 atom stereocenters. The van der Waals surface area contributed by atoms with Gasteiger partial charge < -0.3 is 15.0 Å². The van der Waals surface area contributed by atoms with Crippen molar-refractivity contribution in [2.24, 2.45) is 0 Å². The molecule has 0 spiro atoms. The van der Waals surface area contributed by atoms with Crippen LogP contribution in [0.4, 0.5) is 0 Å². The molecule has 0 aliphatic carbocycles. The van der Waals surface area contributed by atoms with Crippen molar-refractivity contribution in [1.29, 1.82) is 0 Å². The van der Waals surface area contributed by atoms with Crippen molar-refractivity contribution >= 4 is 10.9 Å². The van der Waals surface area contributed by atoms with Crippen LogP contribution in [0.1, 0.15) is 25.8 Å². The molecule has 0 amide bonds. The van der Waals surface area contributed by atoms with Crippen LogP contribution in [0.15, 0.2) is 30.5 Å². The van der Waals surface area contributed by atoms with E-state index in [0.29, 0.717) is 6.54 Å². The first-order chi connectivity index (χ1) is 8.72. The number of aliphatic hydroxyl groups excluding tert-OH is 1. The molecule has 0 aliphatic heterocycles. The first-order valence-corrected chi connectivity index (χ1v) is 6.68. The highest BCUT2D eigenvalue weighted by molar-refractivity contribution is 5.83. The summed E-state index contributed by atoms with van der Waals surface area (Å²) < 4.78 is 2.11. The molecular formula is C15H22N2O. The molecule has 1 aromatic carbocycles. The molecule has 1 unspecified atom stereocenters. The molecule has 0 saturated carbocycles. The quantitative estimate of drug-likeness (QED) is 0.769. The van der Waals surface area contributed by atoms with Gasteiger partial charge in [-0.25, -0.2) is 0 Å². The van der Waals surface area contributed by atoms with E-state index in [2.05, 4.69) is 47.3 Å². The van der Waals surface area contributed by atoms with Crippen LogP contribution in [0, 0.1) is 0 Å². The molecule has 0 saturated heterocycles. The molecule has 98 valence electrons.